The summed E-state index contributed by atoms with van der Waals surface area (Å²) in [4.78, 5) is 0. The Balaban J connectivity index is 2.18. The average Bonchev–Trinajstić information content (AvgIpc) is 2.72. The van der Waals surface area contributed by atoms with Gasteiger partial charge in [-0.05, 0) is 55.6 Å². The largest absolute Gasteiger partial charge is 0.452 e. The molecule has 1 aromatic heterocycles. The molecule has 5 heteroatoms. The maximum Gasteiger partial charge on any atom is 0.169 e. The van der Waals surface area contributed by atoms with Crippen LogP contribution in [0.2, 0.25) is 0 Å². The van der Waals surface area contributed by atoms with Crippen molar-refractivity contribution in [1.82, 2.24) is 0 Å². The fraction of sp³-hybridized carbons (Fsp3) is 0.167. The quantitative estimate of drug-likeness (QED) is 0.885. The molecule has 1 N–H and O–H groups in total. The molecule has 0 aliphatic heterocycles. The average molecular weight is 364 g/mol. The van der Waals surface area contributed by atoms with Gasteiger partial charge in [0, 0.05) is 6.42 Å². The highest BCUT2D eigenvalue weighted by molar-refractivity contribution is 9.10. The van der Waals surface area contributed by atoms with Gasteiger partial charge in [0.2, 0.25) is 0 Å². The van der Waals surface area contributed by atoms with Crippen LogP contribution in [0.3, 0.4) is 0 Å². The van der Waals surface area contributed by atoms with E-state index in [2.05, 4.69) is 31.9 Å². The van der Waals surface area contributed by atoms with Crippen molar-refractivity contribution in [2.75, 3.05) is 0 Å². The molecule has 0 amide bonds. The van der Waals surface area contributed by atoms with Crippen LogP contribution in [0.15, 0.2) is 43.9 Å². The van der Waals surface area contributed by atoms with Crippen molar-refractivity contribution in [2.45, 2.75) is 12.5 Å². The first-order chi connectivity index (χ1) is 8.08. The van der Waals surface area contributed by atoms with Gasteiger partial charge in [0.15, 0.2) is 4.67 Å². The zero-order chi connectivity index (χ0) is 12.4. The fourth-order valence-electron chi connectivity index (χ4n) is 1.52. The van der Waals surface area contributed by atoms with Crippen LogP contribution in [-0.2, 0) is 6.42 Å². The second-order valence-corrected chi connectivity index (χ2v) is 5.15. The van der Waals surface area contributed by atoms with Crippen molar-refractivity contribution in [3.05, 3.63) is 56.6 Å². The summed E-state index contributed by atoms with van der Waals surface area (Å²) in [5.74, 6) is 0.114. The van der Waals surface area contributed by atoms with E-state index in [1.807, 2.05) is 0 Å². The Morgan fingerprint density at radius 3 is 2.65 bits per heavy atom. The van der Waals surface area contributed by atoms with Crippen LogP contribution in [0.1, 0.15) is 17.4 Å². The first kappa shape index (κ1) is 12.8. The van der Waals surface area contributed by atoms with Crippen LogP contribution in [0.25, 0.3) is 0 Å². The Hall–Kier alpha value is -0.650. The van der Waals surface area contributed by atoms with E-state index in [9.17, 15) is 9.50 Å². The molecule has 90 valence electrons. The minimum Gasteiger partial charge on any atom is -0.452 e. The Morgan fingerprint density at radius 2 is 2.00 bits per heavy atom. The van der Waals surface area contributed by atoms with Crippen molar-refractivity contribution < 1.29 is 13.9 Å². The summed E-state index contributed by atoms with van der Waals surface area (Å²) in [7, 11) is 0. The number of hydrogen-bond donors (Lipinski definition) is 1. The van der Waals surface area contributed by atoms with Crippen LogP contribution < -0.4 is 0 Å². The molecular formula is C12H9Br2FO2. The molecule has 2 rings (SSSR count). The zero-order valence-corrected chi connectivity index (χ0v) is 11.8. The monoisotopic (exact) mass is 362 g/mol. The lowest BCUT2D eigenvalue weighted by atomic mass is 10.1. The Morgan fingerprint density at radius 1 is 1.24 bits per heavy atom. The van der Waals surface area contributed by atoms with Crippen molar-refractivity contribution in [2.24, 2.45) is 0 Å². The van der Waals surface area contributed by atoms with Crippen LogP contribution >= 0.6 is 31.9 Å². The Bertz CT molecular complexity index is 525. The number of halogens is 3. The van der Waals surface area contributed by atoms with E-state index in [-0.39, 0.29) is 12.2 Å². The molecule has 17 heavy (non-hydrogen) atoms. The number of benzene rings is 1. The molecule has 1 atom stereocenters. The van der Waals surface area contributed by atoms with Gasteiger partial charge in [-0.3, -0.25) is 0 Å². The summed E-state index contributed by atoms with van der Waals surface area (Å²) in [6.45, 7) is 0. The Labute approximate surface area is 115 Å². The standard InChI is InChI=1S/C12H9Br2FO2/c13-11-5-4-10(17-11)9(16)6-7-2-1-3-8(15)12(7)14/h1-5,9,16H,6H2. The van der Waals surface area contributed by atoms with Crippen LogP contribution in [-0.4, -0.2) is 5.11 Å². The molecule has 0 saturated heterocycles. The van der Waals surface area contributed by atoms with Gasteiger partial charge in [-0.25, -0.2) is 4.39 Å². The third kappa shape index (κ3) is 2.97. The summed E-state index contributed by atoms with van der Waals surface area (Å²) in [6, 6.07) is 8.12. The molecule has 0 aliphatic carbocycles. The predicted octanol–water partition coefficient (Wildman–Crippen LogP) is 4.22. The summed E-state index contributed by atoms with van der Waals surface area (Å²) in [5.41, 5.74) is 0.699. The van der Waals surface area contributed by atoms with E-state index >= 15 is 0 Å². The molecule has 1 unspecified atom stereocenters. The Kier molecular flexibility index (Phi) is 4.01. The lowest BCUT2D eigenvalue weighted by Crippen LogP contribution is -2.01. The summed E-state index contributed by atoms with van der Waals surface area (Å²) >= 11 is 6.33. The summed E-state index contributed by atoms with van der Waals surface area (Å²) < 4.78 is 19.5. The maximum atomic E-state index is 13.3. The van der Waals surface area contributed by atoms with Gasteiger partial charge in [0.1, 0.15) is 17.7 Å². The minimum absolute atomic E-state index is 0.290. The van der Waals surface area contributed by atoms with Gasteiger partial charge in [-0.2, -0.15) is 0 Å². The van der Waals surface area contributed by atoms with Crippen molar-refractivity contribution in [3.63, 3.8) is 0 Å². The van der Waals surface area contributed by atoms with E-state index in [0.29, 0.717) is 20.5 Å². The first-order valence-electron chi connectivity index (χ1n) is 4.94. The number of hydrogen-bond acceptors (Lipinski definition) is 2. The minimum atomic E-state index is -0.792. The van der Waals surface area contributed by atoms with Crippen LogP contribution in [0.4, 0.5) is 4.39 Å². The van der Waals surface area contributed by atoms with Crippen molar-refractivity contribution in [1.29, 1.82) is 0 Å². The summed E-state index contributed by atoms with van der Waals surface area (Å²) in [6.07, 6.45) is -0.502. The molecule has 0 bridgehead atoms. The second-order valence-electron chi connectivity index (χ2n) is 3.57. The fourth-order valence-corrected chi connectivity index (χ4v) is 2.27. The lowest BCUT2D eigenvalue weighted by molar-refractivity contribution is 0.148. The van der Waals surface area contributed by atoms with Crippen molar-refractivity contribution >= 4 is 31.9 Å². The maximum absolute atomic E-state index is 13.3. The van der Waals surface area contributed by atoms with Crippen LogP contribution in [0, 0.1) is 5.82 Å². The first-order valence-corrected chi connectivity index (χ1v) is 6.52. The predicted molar refractivity (Wildman–Crippen MR) is 69.2 cm³/mol. The van der Waals surface area contributed by atoms with Crippen LogP contribution in [0.5, 0.6) is 0 Å². The molecule has 1 heterocycles. The zero-order valence-electron chi connectivity index (χ0n) is 8.66. The van der Waals surface area contributed by atoms with E-state index in [0.717, 1.165) is 0 Å². The van der Waals surface area contributed by atoms with Gasteiger partial charge in [-0.15, -0.1) is 0 Å². The number of furan rings is 1. The summed E-state index contributed by atoms with van der Waals surface area (Å²) in [5, 5.41) is 9.94. The molecule has 0 spiro atoms. The molecular weight excluding hydrogens is 355 g/mol. The molecule has 1 aromatic carbocycles. The van der Waals surface area contributed by atoms with E-state index < -0.39 is 6.10 Å². The molecule has 2 aromatic rings. The van der Waals surface area contributed by atoms with Gasteiger partial charge >= 0.3 is 0 Å². The van der Waals surface area contributed by atoms with Gasteiger partial charge in [0.25, 0.3) is 0 Å². The van der Waals surface area contributed by atoms with E-state index in [1.54, 1.807) is 24.3 Å². The number of aliphatic hydroxyl groups is 1. The lowest BCUT2D eigenvalue weighted by Gasteiger charge is -2.09. The smallest absolute Gasteiger partial charge is 0.169 e. The molecule has 2 nitrogen and oxygen atoms in total. The highest BCUT2D eigenvalue weighted by Crippen LogP contribution is 2.27. The second kappa shape index (κ2) is 5.33. The topological polar surface area (TPSA) is 33.4 Å². The third-order valence-electron chi connectivity index (χ3n) is 2.37. The SMILES string of the molecule is OC(Cc1cccc(F)c1Br)c1ccc(Br)o1. The third-order valence-corrected chi connectivity index (χ3v) is 3.68. The number of aliphatic hydroxyl groups excluding tert-OH is 1. The van der Waals surface area contributed by atoms with Gasteiger partial charge < -0.3 is 9.52 Å². The highest BCUT2D eigenvalue weighted by atomic mass is 79.9. The van der Waals surface area contributed by atoms with Crippen molar-refractivity contribution in [3.8, 4) is 0 Å². The molecule has 0 fully saturated rings. The molecule has 0 aliphatic rings. The normalized spacial score (nSPS) is 12.7. The van der Waals surface area contributed by atoms with E-state index in [1.165, 1.54) is 6.07 Å². The number of rotatable bonds is 3. The highest BCUT2D eigenvalue weighted by Gasteiger charge is 2.15. The molecule has 0 radical (unpaired) electrons. The molecule has 0 saturated carbocycles. The van der Waals surface area contributed by atoms with Gasteiger partial charge in [0.05, 0.1) is 4.47 Å². The van der Waals surface area contributed by atoms with E-state index in [4.69, 9.17) is 4.42 Å². The van der Waals surface area contributed by atoms with Gasteiger partial charge in [-0.1, -0.05) is 12.1 Å².